The number of rotatable bonds is 6. The Bertz CT molecular complexity index is 525. The molecule has 0 saturated heterocycles. The number of carbonyl (C=O) groups excluding carboxylic acids is 1. The number of thioether (sulfide) groups is 1. The topological polar surface area (TPSA) is 26.3 Å². The molecule has 0 bridgehead atoms. The van der Waals surface area contributed by atoms with Crippen molar-refractivity contribution in [1.29, 1.82) is 0 Å². The first-order chi connectivity index (χ1) is 9.79. The molecule has 0 aromatic heterocycles. The van der Waals surface area contributed by atoms with Gasteiger partial charge in [-0.2, -0.15) is 0 Å². The van der Waals surface area contributed by atoms with Crippen molar-refractivity contribution in [2.24, 2.45) is 0 Å². The second-order valence-electron chi connectivity index (χ2n) is 4.34. The van der Waals surface area contributed by atoms with Crippen LogP contribution in [0.5, 0.6) is 0 Å². The van der Waals surface area contributed by atoms with Gasteiger partial charge in [0.1, 0.15) is 0 Å². The van der Waals surface area contributed by atoms with Gasteiger partial charge in [-0.05, 0) is 24.6 Å². The zero-order valence-electron chi connectivity index (χ0n) is 11.5. The van der Waals surface area contributed by atoms with Gasteiger partial charge in [0.15, 0.2) is 0 Å². The third kappa shape index (κ3) is 4.42. The van der Waals surface area contributed by atoms with E-state index in [9.17, 15) is 4.79 Å². The predicted molar refractivity (Wildman–Crippen MR) is 82.7 cm³/mol. The van der Waals surface area contributed by atoms with Gasteiger partial charge in [-0.15, -0.1) is 11.8 Å². The molecule has 2 aromatic carbocycles. The van der Waals surface area contributed by atoms with E-state index in [1.165, 1.54) is 0 Å². The van der Waals surface area contributed by atoms with Crippen molar-refractivity contribution in [1.82, 2.24) is 0 Å². The lowest BCUT2D eigenvalue weighted by atomic mass is 10.1. The molecule has 0 saturated carbocycles. The Labute approximate surface area is 124 Å². The zero-order valence-corrected chi connectivity index (χ0v) is 12.3. The molecule has 104 valence electrons. The number of ether oxygens (including phenoxy) is 1. The van der Waals surface area contributed by atoms with Gasteiger partial charge >= 0.3 is 5.97 Å². The second-order valence-corrected chi connectivity index (χ2v) is 5.62. The molecule has 0 aliphatic rings. The summed E-state index contributed by atoms with van der Waals surface area (Å²) in [6, 6.07) is 20.2. The Morgan fingerprint density at radius 3 is 2.25 bits per heavy atom. The molecule has 1 atom stereocenters. The molecule has 20 heavy (non-hydrogen) atoms. The summed E-state index contributed by atoms with van der Waals surface area (Å²) in [6.07, 6.45) is 0.386. The SMILES string of the molecule is CCOC(=O)C[C@H](Sc1ccccc1)c1ccccc1. The van der Waals surface area contributed by atoms with Crippen molar-refractivity contribution in [3.63, 3.8) is 0 Å². The van der Waals surface area contributed by atoms with Crippen LogP contribution >= 0.6 is 11.8 Å². The molecule has 0 radical (unpaired) electrons. The van der Waals surface area contributed by atoms with E-state index in [1.807, 2.05) is 43.3 Å². The van der Waals surface area contributed by atoms with E-state index in [0.29, 0.717) is 13.0 Å². The first-order valence-electron chi connectivity index (χ1n) is 6.72. The summed E-state index contributed by atoms with van der Waals surface area (Å²) in [6.45, 7) is 2.26. The molecule has 2 aromatic rings. The summed E-state index contributed by atoms with van der Waals surface area (Å²) in [7, 11) is 0. The van der Waals surface area contributed by atoms with Crippen LogP contribution in [-0.2, 0) is 9.53 Å². The van der Waals surface area contributed by atoms with Gasteiger partial charge in [-0.25, -0.2) is 0 Å². The Morgan fingerprint density at radius 2 is 1.65 bits per heavy atom. The number of carbonyl (C=O) groups is 1. The van der Waals surface area contributed by atoms with Crippen LogP contribution in [0.4, 0.5) is 0 Å². The number of hydrogen-bond acceptors (Lipinski definition) is 3. The average molecular weight is 286 g/mol. The molecule has 0 aliphatic carbocycles. The van der Waals surface area contributed by atoms with Gasteiger partial charge < -0.3 is 4.74 Å². The highest BCUT2D eigenvalue weighted by atomic mass is 32.2. The number of benzene rings is 2. The number of esters is 1. The highest BCUT2D eigenvalue weighted by molar-refractivity contribution is 7.99. The normalized spacial score (nSPS) is 11.8. The van der Waals surface area contributed by atoms with E-state index < -0.39 is 0 Å². The van der Waals surface area contributed by atoms with Crippen LogP contribution < -0.4 is 0 Å². The van der Waals surface area contributed by atoms with Gasteiger partial charge in [0.05, 0.1) is 13.0 Å². The Balaban J connectivity index is 2.14. The minimum Gasteiger partial charge on any atom is -0.466 e. The molecule has 0 aliphatic heterocycles. The van der Waals surface area contributed by atoms with Crippen LogP contribution in [0.1, 0.15) is 24.2 Å². The quantitative estimate of drug-likeness (QED) is 0.579. The maximum Gasteiger partial charge on any atom is 0.307 e. The Morgan fingerprint density at radius 1 is 1.05 bits per heavy atom. The summed E-state index contributed by atoms with van der Waals surface area (Å²) in [5, 5.41) is 0.0812. The Hall–Kier alpha value is -1.74. The highest BCUT2D eigenvalue weighted by Crippen LogP contribution is 2.37. The molecular formula is C17H18O2S. The van der Waals surface area contributed by atoms with Crippen LogP contribution in [0, 0.1) is 0 Å². The fourth-order valence-electron chi connectivity index (χ4n) is 1.93. The summed E-state index contributed by atoms with van der Waals surface area (Å²) >= 11 is 1.70. The lowest BCUT2D eigenvalue weighted by Crippen LogP contribution is -2.08. The van der Waals surface area contributed by atoms with E-state index >= 15 is 0 Å². The van der Waals surface area contributed by atoms with E-state index in [2.05, 4.69) is 24.3 Å². The summed E-state index contributed by atoms with van der Waals surface area (Å²) in [5.41, 5.74) is 1.15. The second kappa shape index (κ2) is 7.75. The van der Waals surface area contributed by atoms with E-state index in [0.717, 1.165) is 10.5 Å². The first kappa shape index (κ1) is 14.7. The van der Waals surface area contributed by atoms with Crippen LogP contribution in [0.15, 0.2) is 65.6 Å². The van der Waals surface area contributed by atoms with Gasteiger partial charge in [0.25, 0.3) is 0 Å². The van der Waals surface area contributed by atoms with E-state index in [-0.39, 0.29) is 11.2 Å². The van der Waals surface area contributed by atoms with Gasteiger partial charge in [-0.3, -0.25) is 4.79 Å². The zero-order chi connectivity index (χ0) is 14.2. The minimum atomic E-state index is -0.148. The monoisotopic (exact) mass is 286 g/mol. The van der Waals surface area contributed by atoms with Crippen LogP contribution in [0.3, 0.4) is 0 Å². The molecule has 0 heterocycles. The first-order valence-corrected chi connectivity index (χ1v) is 7.60. The molecular weight excluding hydrogens is 268 g/mol. The molecule has 0 fully saturated rings. The summed E-state index contributed by atoms with van der Waals surface area (Å²) in [4.78, 5) is 12.9. The van der Waals surface area contributed by atoms with Crippen LogP contribution in [-0.4, -0.2) is 12.6 Å². The molecule has 0 spiro atoms. The van der Waals surface area contributed by atoms with Crippen molar-refractivity contribution in [2.75, 3.05) is 6.61 Å². The van der Waals surface area contributed by atoms with Crippen molar-refractivity contribution in [3.05, 3.63) is 66.2 Å². The summed E-state index contributed by atoms with van der Waals surface area (Å²) < 4.78 is 5.08. The maximum atomic E-state index is 11.8. The van der Waals surface area contributed by atoms with Crippen LogP contribution in [0.25, 0.3) is 0 Å². The standard InChI is InChI=1S/C17H18O2S/c1-2-19-17(18)13-16(14-9-5-3-6-10-14)20-15-11-7-4-8-12-15/h3-12,16H,2,13H2,1H3/t16-/m0/s1. The van der Waals surface area contributed by atoms with Gasteiger partial charge in [0.2, 0.25) is 0 Å². The smallest absolute Gasteiger partial charge is 0.307 e. The third-order valence-electron chi connectivity index (χ3n) is 2.85. The summed E-state index contributed by atoms with van der Waals surface area (Å²) in [5.74, 6) is -0.148. The van der Waals surface area contributed by atoms with Crippen molar-refractivity contribution < 1.29 is 9.53 Å². The predicted octanol–water partition coefficient (Wildman–Crippen LogP) is 4.47. The molecule has 0 amide bonds. The lowest BCUT2D eigenvalue weighted by molar-refractivity contribution is -0.143. The minimum absolute atomic E-state index is 0.0812. The number of hydrogen-bond donors (Lipinski definition) is 0. The largest absolute Gasteiger partial charge is 0.466 e. The van der Waals surface area contributed by atoms with Crippen molar-refractivity contribution in [2.45, 2.75) is 23.5 Å². The molecule has 0 unspecified atom stereocenters. The van der Waals surface area contributed by atoms with E-state index in [4.69, 9.17) is 4.74 Å². The van der Waals surface area contributed by atoms with Crippen molar-refractivity contribution in [3.8, 4) is 0 Å². The van der Waals surface area contributed by atoms with E-state index in [1.54, 1.807) is 11.8 Å². The third-order valence-corrected chi connectivity index (χ3v) is 4.12. The van der Waals surface area contributed by atoms with Crippen molar-refractivity contribution >= 4 is 17.7 Å². The lowest BCUT2D eigenvalue weighted by Gasteiger charge is -2.16. The average Bonchev–Trinajstić information content (AvgIpc) is 2.49. The fraction of sp³-hybridized carbons (Fsp3) is 0.235. The maximum absolute atomic E-state index is 11.8. The van der Waals surface area contributed by atoms with Gasteiger partial charge in [-0.1, -0.05) is 48.5 Å². The highest BCUT2D eigenvalue weighted by Gasteiger charge is 2.18. The molecule has 2 rings (SSSR count). The molecule has 2 nitrogen and oxygen atoms in total. The fourth-order valence-corrected chi connectivity index (χ4v) is 3.09. The van der Waals surface area contributed by atoms with Gasteiger partial charge in [0, 0.05) is 10.1 Å². The molecule has 3 heteroatoms. The van der Waals surface area contributed by atoms with Crippen LogP contribution in [0.2, 0.25) is 0 Å². The molecule has 0 N–H and O–H groups in total. The Kier molecular flexibility index (Phi) is 5.69.